The van der Waals surface area contributed by atoms with Gasteiger partial charge < -0.3 is 10.2 Å². The first-order valence-electron chi connectivity index (χ1n) is 6.46. The molecule has 0 unspecified atom stereocenters. The van der Waals surface area contributed by atoms with Gasteiger partial charge in [0.1, 0.15) is 0 Å². The van der Waals surface area contributed by atoms with Crippen LogP contribution in [0.5, 0.6) is 0 Å². The minimum absolute atomic E-state index is 0.821. The van der Waals surface area contributed by atoms with Crippen LogP contribution >= 0.6 is 22.7 Å². The summed E-state index contributed by atoms with van der Waals surface area (Å²) >= 11 is 3.42. The predicted octanol–water partition coefficient (Wildman–Crippen LogP) is 2.91. The number of aromatic nitrogens is 2. The third-order valence-electron chi connectivity index (χ3n) is 2.80. The molecule has 0 atom stereocenters. The van der Waals surface area contributed by atoms with Crippen LogP contribution in [-0.4, -0.2) is 24.1 Å². The van der Waals surface area contributed by atoms with Crippen LogP contribution in [0.2, 0.25) is 0 Å². The van der Waals surface area contributed by atoms with E-state index in [0.717, 1.165) is 36.8 Å². The number of rotatable bonds is 7. The van der Waals surface area contributed by atoms with E-state index in [1.54, 1.807) is 22.7 Å². The standard InChI is InChI=1S/C13H20N4S2/c1-4-5-11-12(6-14-2)19-13(16-11)17(3)7-10-8-18-9-15-10/h8-9,14H,4-7H2,1-3H3. The lowest BCUT2D eigenvalue weighted by molar-refractivity contribution is 0.795. The van der Waals surface area contributed by atoms with Crippen LogP contribution < -0.4 is 10.2 Å². The topological polar surface area (TPSA) is 41.1 Å². The van der Waals surface area contributed by atoms with Crippen LogP contribution in [0.3, 0.4) is 0 Å². The summed E-state index contributed by atoms with van der Waals surface area (Å²) in [6.07, 6.45) is 2.19. The molecule has 2 aromatic rings. The Balaban J connectivity index is 2.12. The third-order valence-corrected chi connectivity index (χ3v) is 4.65. The molecule has 6 heteroatoms. The lowest BCUT2D eigenvalue weighted by Gasteiger charge is -2.13. The Kier molecular flexibility index (Phi) is 5.30. The minimum Gasteiger partial charge on any atom is -0.345 e. The second kappa shape index (κ2) is 6.98. The molecule has 0 aliphatic heterocycles. The van der Waals surface area contributed by atoms with Gasteiger partial charge in [-0.3, -0.25) is 0 Å². The number of anilines is 1. The number of thiazole rings is 2. The number of hydrogen-bond donors (Lipinski definition) is 1. The van der Waals surface area contributed by atoms with Gasteiger partial charge in [-0.1, -0.05) is 13.3 Å². The van der Waals surface area contributed by atoms with Crippen molar-refractivity contribution in [1.82, 2.24) is 15.3 Å². The van der Waals surface area contributed by atoms with Gasteiger partial charge >= 0.3 is 0 Å². The van der Waals surface area contributed by atoms with E-state index in [1.807, 2.05) is 12.6 Å². The second-order valence-electron chi connectivity index (χ2n) is 4.48. The maximum atomic E-state index is 4.78. The largest absolute Gasteiger partial charge is 0.345 e. The van der Waals surface area contributed by atoms with E-state index in [1.165, 1.54) is 10.6 Å². The van der Waals surface area contributed by atoms with Gasteiger partial charge in [-0.05, 0) is 13.5 Å². The lowest BCUT2D eigenvalue weighted by Crippen LogP contribution is -2.16. The highest BCUT2D eigenvalue weighted by molar-refractivity contribution is 7.15. The van der Waals surface area contributed by atoms with E-state index < -0.39 is 0 Å². The van der Waals surface area contributed by atoms with Gasteiger partial charge in [0, 0.05) is 23.8 Å². The van der Waals surface area contributed by atoms with Crippen molar-refractivity contribution < 1.29 is 0 Å². The summed E-state index contributed by atoms with van der Waals surface area (Å²) in [7, 11) is 4.06. The number of aryl methyl sites for hydroxylation is 1. The molecular formula is C13H20N4S2. The summed E-state index contributed by atoms with van der Waals surface area (Å²) in [5.41, 5.74) is 4.22. The van der Waals surface area contributed by atoms with Crippen LogP contribution in [-0.2, 0) is 19.5 Å². The van der Waals surface area contributed by atoms with Gasteiger partial charge in [0.25, 0.3) is 0 Å². The number of hydrogen-bond acceptors (Lipinski definition) is 6. The summed E-state index contributed by atoms with van der Waals surface area (Å²) in [6.45, 7) is 3.92. The molecule has 104 valence electrons. The minimum atomic E-state index is 0.821. The Labute approximate surface area is 122 Å². The van der Waals surface area contributed by atoms with Crippen LogP contribution in [0.15, 0.2) is 10.9 Å². The summed E-state index contributed by atoms with van der Waals surface area (Å²) in [5, 5.41) is 6.40. The van der Waals surface area contributed by atoms with Crippen LogP contribution in [0.4, 0.5) is 5.13 Å². The molecule has 0 radical (unpaired) electrons. The van der Waals surface area contributed by atoms with E-state index in [2.05, 4.69) is 34.6 Å². The van der Waals surface area contributed by atoms with Crippen molar-refractivity contribution in [3.05, 3.63) is 27.2 Å². The average molecular weight is 296 g/mol. The van der Waals surface area contributed by atoms with Crippen molar-refractivity contribution >= 4 is 27.8 Å². The van der Waals surface area contributed by atoms with Crippen LogP contribution in [0.1, 0.15) is 29.6 Å². The van der Waals surface area contributed by atoms with Crippen molar-refractivity contribution in [2.24, 2.45) is 0 Å². The SMILES string of the molecule is CCCc1nc(N(C)Cc2cscn2)sc1CNC. The first-order valence-corrected chi connectivity index (χ1v) is 8.22. The Morgan fingerprint density at radius 1 is 1.42 bits per heavy atom. The number of nitrogens with zero attached hydrogens (tertiary/aromatic N) is 3. The molecule has 0 aliphatic rings. The Bertz CT molecular complexity index is 469. The van der Waals surface area contributed by atoms with Crippen molar-refractivity contribution in [3.63, 3.8) is 0 Å². The summed E-state index contributed by atoms with van der Waals surface area (Å²) in [4.78, 5) is 12.6. The fraction of sp³-hybridized carbons (Fsp3) is 0.538. The molecule has 0 spiro atoms. The van der Waals surface area contributed by atoms with Gasteiger partial charge in [-0.15, -0.1) is 22.7 Å². The molecule has 0 aliphatic carbocycles. The molecule has 2 aromatic heterocycles. The molecule has 2 heterocycles. The van der Waals surface area contributed by atoms with E-state index >= 15 is 0 Å². The van der Waals surface area contributed by atoms with Crippen molar-refractivity contribution in [2.75, 3.05) is 19.0 Å². The molecule has 19 heavy (non-hydrogen) atoms. The molecular weight excluding hydrogens is 276 g/mol. The monoisotopic (exact) mass is 296 g/mol. The van der Waals surface area contributed by atoms with E-state index in [0.29, 0.717) is 0 Å². The number of nitrogens with one attached hydrogen (secondary N) is 1. The molecule has 0 saturated carbocycles. The zero-order chi connectivity index (χ0) is 13.7. The maximum absolute atomic E-state index is 4.78. The quantitative estimate of drug-likeness (QED) is 0.853. The van der Waals surface area contributed by atoms with Gasteiger partial charge in [-0.2, -0.15) is 0 Å². The fourth-order valence-corrected chi connectivity index (χ4v) is 3.52. The van der Waals surface area contributed by atoms with Crippen molar-refractivity contribution in [1.29, 1.82) is 0 Å². The zero-order valence-corrected chi connectivity index (χ0v) is 13.3. The summed E-state index contributed by atoms with van der Waals surface area (Å²) < 4.78 is 0. The Hall–Kier alpha value is -0.980. The van der Waals surface area contributed by atoms with Gasteiger partial charge in [0.2, 0.25) is 0 Å². The first kappa shape index (κ1) is 14.4. The molecule has 2 rings (SSSR count). The van der Waals surface area contributed by atoms with Gasteiger partial charge in [-0.25, -0.2) is 9.97 Å². The summed E-state index contributed by atoms with van der Waals surface area (Å²) in [6, 6.07) is 0. The van der Waals surface area contributed by atoms with E-state index in [9.17, 15) is 0 Å². The average Bonchev–Trinajstić information content (AvgIpc) is 3.01. The Morgan fingerprint density at radius 3 is 2.89 bits per heavy atom. The zero-order valence-electron chi connectivity index (χ0n) is 11.6. The molecule has 0 amide bonds. The second-order valence-corrected chi connectivity index (χ2v) is 6.26. The third kappa shape index (κ3) is 3.75. The van der Waals surface area contributed by atoms with Gasteiger partial charge in [0.15, 0.2) is 5.13 Å². The molecule has 0 aromatic carbocycles. The highest BCUT2D eigenvalue weighted by atomic mass is 32.1. The highest BCUT2D eigenvalue weighted by Gasteiger charge is 2.13. The van der Waals surface area contributed by atoms with E-state index in [4.69, 9.17) is 4.98 Å². The lowest BCUT2D eigenvalue weighted by atomic mass is 10.2. The molecule has 0 saturated heterocycles. The van der Waals surface area contributed by atoms with Crippen LogP contribution in [0, 0.1) is 0 Å². The van der Waals surface area contributed by atoms with Crippen molar-refractivity contribution in [3.8, 4) is 0 Å². The summed E-state index contributed by atoms with van der Waals surface area (Å²) in [5.74, 6) is 0. The predicted molar refractivity (Wildman–Crippen MR) is 83.1 cm³/mol. The fourth-order valence-electron chi connectivity index (χ4n) is 1.89. The van der Waals surface area contributed by atoms with Crippen LogP contribution in [0.25, 0.3) is 0 Å². The van der Waals surface area contributed by atoms with Crippen molar-refractivity contribution in [2.45, 2.75) is 32.9 Å². The molecule has 0 fully saturated rings. The van der Waals surface area contributed by atoms with E-state index in [-0.39, 0.29) is 0 Å². The van der Waals surface area contributed by atoms with Gasteiger partial charge in [0.05, 0.1) is 23.4 Å². The molecule has 0 bridgehead atoms. The molecule has 4 nitrogen and oxygen atoms in total. The first-order chi connectivity index (χ1) is 9.24. The normalized spacial score (nSPS) is 10.9. The molecule has 1 N–H and O–H groups in total. The Morgan fingerprint density at radius 2 is 2.26 bits per heavy atom. The maximum Gasteiger partial charge on any atom is 0.185 e. The highest BCUT2D eigenvalue weighted by Crippen LogP contribution is 2.27. The smallest absolute Gasteiger partial charge is 0.185 e.